The molecule has 12 heavy (non-hydrogen) atoms. The minimum atomic E-state index is 0.558. The Bertz CT molecular complexity index is 245. The maximum absolute atomic E-state index is 4.01. The summed E-state index contributed by atoms with van der Waals surface area (Å²) in [6.45, 7) is 3.43. The lowest BCUT2D eigenvalue weighted by Gasteiger charge is -2.09. The number of rotatable bonds is 1. The Morgan fingerprint density at radius 1 is 1.42 bits per heavy atom. The van der Waals surface area contributed by atoms with Gasteiger partial charge in [-0.2, -0.15) is 0 Å². The van der Waals surface area contributed by atoms with Crippen molar-refractivity contribution >= 4 is 0 Å². The number of pyridine rings is 1. The molecule has 0 bridgehead atoms. The Labute approximate surface area is 73.0 Å². The molecule has 2 rings (SSSR count). The molecule has 2 atom stereocenters. The van der Waals surface area contributed by atoms with E-state index in [2.05, 4.69) is 29.4 Å². The molecule has 1 aromatic rings. The zero-order chi connectivity index (χ0) is 8.39. The molecule has 1 saturated heterocycles. The van der Waals surface area contributed by atoms with E-state index in [1.165, 1.54) is 12.0 Å². The highest BCUT2D eigenvalue weighted by atomic mass is 14.9. The summed E-state index contributed by atoms with van der Waals surface area (Å²) in [4.78, 5) is 4.01. The molecule has 0 saturated carbocycles. The second-order valence-electron chi connectivity index (χ2n) is 3.58. The molecule has 64 valence electrons. The molecule has 1 aliphatic rings. The Hall–Kier alpha value is -0.890. The van der Waals surface area contributed by atoms with Crippen LogP contribution in [0.15, 0.2) is 24.5 Å². The van der Waals surface area contributed by atoms with Crippen molar-refractivity contribution in [2.75, 3.05) is 6.54 Å². The third-order valence-electron chi connectivity index (χ3n) is 2.46. The first-order valence-corrected chi connectivity index (χ1v) is 4.49. The summed E-state index contributed by atoms with van der Waals surface area (Å²) in [7, 11) is 0. The van der Waals surface area contributed by atoms with E-state index in [0.717, 1.165) is 12.5 Å². The van der Waals surface area contributed by atoms with Gasteiger partial charge in [-0.05, 0) is 36.6 Å². The molecule has 1 N–H and O–H groups in total. The van der Waals surface area contributed by atoms with E-state index in [9.17, 15) is 0 Å². The van der Waals surface area contributed by atoms with Crippen molar-refractivity contribution in [1.82, 2.24) is 10.3 Å². The fourth-order valence-corrected chi connectivity index (χ4v) is 1.76. The standard InChI is InChI=1S/C10H14N2/c1-8-6-10(12-7-8)9-2-4-11-5-3-9/h2-5,8,10,12H,6-7H2,1H3/t8-,10-/m0/s1. The van der Waals surface area contributed by atoms with Crippen LogP contribution < -0.4 is 5.32 Å². The molecule has 2 heteroatoms. The van der Waals surface area contributed by atoms with Crippen LogP contribution in [-0.4, -0.2) is 11.5 Å². The predicted molar refractivity (Wildman–Crippen MR) is 48.8 cm³/mol. The second kappa shape index (κ2) is 3.23. The van der Waals surface area contributed by atoms with Gasteiger partial charge >= 0.3 is 0 Å². The maximum atomic E-state index is 4.01. The van der Waals surface area contributed by atoms with Crippen molar-refractivity contribution in [3.8, 4) is 0 Å². The topological polar surface area (TPSA) is 24.9 Å². The van der Waals surface area contributed by atoms with Gasteiger partial charge in [0, 0.05) is 18.4 Å². The smallest absolute Gasteiger partial charge is 0.0324 e. The van der Waals surface area contributed by atoms with Gasteiger partial charge in [0.15, 0.2) is 0 Å². The van der Waals surface area contributed by atoms with Crippen LogP contribution in [-0.2, 0) is 0 Å². The summed E-state index contributed by atoms with van der Waals surface area (Å²) in [6, 6.07) is 4.74. The lowest BCUT2D eigenvalue weighted by molar-refractivity contribution is 0.611. The number of hydrogen-bond donors (Lipinski definition) is 1. The van der Waals surface area contributed by atoms with Crippen LogP contribution in [0.1, 0.15) is 24.9 Å². The first kappa shape index (κ1) is 7.74. The normalized spacial score (nSPS) is 29.1. The number of nitrogens with zero attached hydrogens (tertiary/aromatic N) is 1. The number of hydrogen-bond acceptors (Lipinski definition) is 2. The van der Waals surface area contributed by atoms with Crippen molar-refractivity contribution in [2.24, 2.45) is 5.92 Å². The fourth-order valence-electron chi connectivity index (χ4n) is 1.76. The molecule has 0 amide bonds. The van der Waals surface area contributed by atoms with Gasteiger partial charge in [0.1, 0.15) is 0 Å². The first-order valence-electron chi connectivity index (χ1n) is 4.49. The molecule has 2 heterocycles. The highest BCUT2D eigenvalue weighted by Crippen LogP contribution is 2.25. The van der Waals surface area contributed by atoms with E-state index in [0.29, 0.717) is 6.04 Å². The largest absolute Gasteiger partial charge is 0.310 e. The van der Waals surface area contributed by atoms with Crippen molar-refractivity contribution in [1.29, 1.82) is 0 Å². The minimum Gasteiger partial charge on any atom is -0.310 e. The van der Waals surface area contributed by atoms with E-state index in [4.69, 9.17) is 0 Å². The molecule has 0 radical (unpaired) electrons. The van der Waals surface area contributed by atoms with Gasteiger partial charge in [-0.1, -0.05) is 6.92 Å². The summed E-state index contributed by atoms with van der Waals surface area (Å²) in [5, 5.41) is 3.49. The predicted octanol–water partition coefficient (Wildman–Crippen LogP) is 1.75. The van der Waals surface area contributed by atoms with E-state index in [1.807, 2.05) is 12.4 Å². The minimum absolute atomic E-state index is 0.558. The lowest BCUT2D eigenvalue weighted by Crippen LogP contribution is -2.13. The first-order chi connectivity index (χ1) is 5.86. The van der Waals surface area contributed by atoms with Crippen LogP contribution >= 0.6 is 0 Å². The van der Waals surface area contributed by atoms with Gasteiger partial charge in [0.05, 0.1) is 0 Å². The summed E-state index contributed by atoms with van der Waals surface area (Å²) in [6.07, 6.45) is 4.98. The van der Waals surface area contributed by atoms with Crippen molar-refractivity contribution < 1.29 is 0 Å². The summed E-state index contributed by atoms with van der Waals surface area (Å²) < 4.78 is 0. The maximum Gasteiger partial charge on any atom is 0.0324 e. The Kier molecular flexibility index (Phi) is 2.09. The molecule has 1 aromatic heterocycles. The van der Waals surface area contributed by atoms with Crippen LogP contribution in [0.3, 0.4) is 0 Å². The van der Waals surface area contributed by atoms with Gasteiger partial charge in [-0.15, -0.1) is 0 Å². The fraction of sp³-hybridized carbons (Fsp3) is 0.500. The third-order valence-corrected chi connectivity index (χ3v) is 2.46. The molecule has 0 aliphatic carbocycles. The third kappa shape index (κ3) is 1.48. The highest BCUT2D eigenvalue weighted by Gasteiger charge is 2.21. The number of nitrogens with one attached hydrogen (secondary N) is 1. The quantitative estimate of drug-likeness (QED) is 0.680. The molecule has 2 nitrogen and oxygen atoms in total. The SMILES string of the molecule is C[C@@H]1CN[C@H](c2ccncc2)C1. The van der Waals surface area contributed by atoms with Crippen LogP contribution in [0, 0.1) is 5.92 Å². The van der Waals surface area contributed by atoms with Crippen molar-refractivity contribution in [2.45, 2.75) is 19.4 Å². The molecule has 0 spiro atoms. The molecule has 0 unspecified atom stereocenters. The average Bonchev–Trinajstić information content (AvgIpc) is 2.54. The Morgan fingerprint density at radius 3 is 2.75 bits per heavy atom. The van der Waals surface area contributed by atoms with Gasteiger partial charge in [0.2, 0.25) is 0 Å². The van der Waals surface area contributed by atoms with Gasteiger partial charge in [-0.3, -0.25) is 4.98 Å². The second-order valence-corrected chi connectivity index (χ2v) is 3.58. The van der Waals surface area contributed by atoms with Gasteiger partial charge < -0.3 is 5.32 Å². The van der Waals surface area contributed by atoms with Gasteiger partial charge in [0.25, 0.3) is 0 Å². The zero-order valence-electron chi connectivity index (χ0n) is 7.33. The number of aromatic nitrogens is 1. The van der Waals surface area contributed by atoms with E-state index in [1.54, 1.807) is 0 Å². The Balaban J connectivity index is 2.11. The molecular formula is C10H14N2. The summed E-state index contributed by atoms with van der Waals surface area (Å²) >= 11 is 0. The van der Waals surface area contributed by atoms with Crippen LogP contribution in [0.25, 0.3) is 0 Å². The average molecular weight is 162 g/mol. The molecular weight excluding hydrogens is 148 g/mol. The van der Waals surface area contributed by atoms with E-state index >= 15 is 0 Å². The van der Waals surface area contributed by atoms with Crippen LogP contribution in [0.2, 0.25) is 0 Å². The summed E-state index contributed by atoms with van der Waals surface area (Å²) in [5.41, 5.74) is 1.37. The van der Waals surface area contributed by atoms with E-state index in [-0.39, 0.29) is 0 Å². The molecule has 1 fully saturated rings. The van der Waals surface area contributed by atoms with Crippen molar-refractivity contribution in [3.05, 3.63) is 30.1 Å². The van der Waals surface area contributed by atoms with Crippen LogP contribution in [0.5, 0.6) is 0 Å². The monoisotopic (exact) mass is 162 g/mol. The van der Waals surface area contributed by atoms with Crippen LogP contribution in [0.4, 0.5) is 0 Å². The highest BCUT2D eigenvalue weighted by molar-refractivity contribution is 5.16. The van der Waals surface area contributed by atoms with Gasteiger partial charge in [-0.25, -0.2) is 0 Å². The zero-order valence-corrected chi connectivity index (χ0v) is 7.33. The van der Waals surface area contributed by atoms with Crippen molar-refractivity contribution in [3.63, 3.8) is 0 Å². The Morgan fingerprint density at radius 2 is 2.17 bits per heavy atom. The molecule has 1 aliphatic heterocycles. The molecule has 0 aromatic carbocycles. The summed E-state index contributed by atoms with van der Waals surface area (Å²) in [5.74, 6) is 0.808. The van der Waals surface area contributed by atoms with E-state index < -0.39 is 0 Å². The lowest BCUT2D eigenvalue weighted by atomic mass is 10.0.